The van der Waals surface area contributed by atoms with Crippen LogP contribution in [-0.2, 0) is 16.1 Å². The molecular formula is C15H17BrN4O4S. The van der Waals surface area contributed by atoms with E-state index >= 15 is 0 Å². The van der Waals surface area contributed by atoms with Crippen molar-refractivity contribution >= 4 is 50.1 Å². The van der Waals surface area contributed by atoms with Crippen molar-refractivity contribution < 1.29 is 19.1 Å². The highest BCUT2D eigenvalue weighted by Gasteiger charge is 2.25. The predicted molar refractivity (Wildman–Crippen MR) is 96.9 cm³/mol. The molecule has 10 heteroatoms. The number of methoxy groups -OCH3 is 1. The number of hydrogen-bond donors (Lipinski definition) is 2. The maximum Gasteiger partial charge on any atom is 0.341 e. The Morgan fingerprint density at radius 2 is 1.96 bits per heavy atom. The molecule has 2 aromatic rings. The summed E-state index contributed by atoms with van der Waals surface area (Å²) in [5, 5.41) is 7.13. The average Bonchev–Trinajstić information content (AvgIpc) is 2.99. The molecule has 0 bridgehead atoms. The second-order valence-corrected chi connectivity index (χ2v) is 7.12. The zero-order chi connectivity index (χ0) is 18.9. The Labute approximate surface area is 156 Å². The van der Waals surface area contributed by atoms with Gasteiger partial charge in [-0.15, -0.1) is 11.3 Å². The molecule has 0 unspecified atom stereocenters. The third-order valence-electron chi connectivity index (χ3n) is 3.60. The summed E-state index contributed by atoms with van der Waals surface area (Å²) in [4.78, 5) is 36.1. The van der Waals surface area contributed by atoms with Crippen molar-refractivity contribution in [2.45, 2.75) is 27.3 Å². The molecule has 8 nitrogen and oxygen atoms in total. The van der Waals surface area contributed by atoms with Crippen molar-refractivity contribution in [1.82, 2.24) is 9.78 Å². The number of hydrogen-bond acceptors (Lipinski definition) is 6. The Balaban J connectivity index is 2.31. The molecule has 2 heterocycles. The minimum atomic E-state index is -0.671. The maximum atomic E-state index is 12.4. The van der Waals surface area contributed by atoms with E-state index < -0.39 is 11.9 Å². The summed E-state index contributed by atoms with van der Waals surface area (Å²) >= 11 is 4.34. The number of nitrogens with one attached hydrogen (secondary N) is 1. The molecule has 0 fully saturated rings. The van der Waals surface area contributed by atoms with Gasteiger partial charge >= 0.3 is 5.97 Å². The quantitative estimate of drug-likeness (QED) is 0.707. The van der Waals surface area contributed by atoms with E-state index in [1.54, 1.807) is 11.6 Å². The molecule has 0 spiro atoms. The van der Waals surface area contributed by atoms with Gasteiger partial charge < -0.3 is 15.8 Å². The maximum absolute atomic E-state index is 12.4. The lowest BCUT2D eigenvalue weighted by molar-refractivity contribution is -0.116. The fourth-order valence-electron chi connectivity index (χ4n) is 2.32. The summed E-state index contributed by atoms with van der Waals surface area (Å²) in [5.74, 6) is -1.71. The van der Waals surface area contributed by atoms with Crippen LogP contribution in [-0.4, -0.2) is 34.7 Å². The number of aromatic nitrogens is 2. The SMILES string of the molecule is COC(=O)c1c(NC(=O)Cn2nc(C)c(Br)c2C)sc(C(N)=O)c1C. The molecule has 0 aliphatic rings. The monoisotopic (exact) mass is 428 g/mol. The smallest absolute Gasteiger partial charge is 0.341 e. The molecule has 0 aromatic carbocycles. The lowest BCUT2D eigenvalue weighted by Gasteiger charge is -2.07. The van der Waals surface area contributed by atoms with Crippen molar-refractivity contribution in [3.8, 4) is 0 Å². The average molecular weight is 429 g/mol. The van der Waals surface area contributed by atoms with Crippen LogP contribution < -0.4 is 11.1 Å². The first kappa shape index (κ1) is 19.1. The van der Waals surface area contributed by atoms with E-state index in [1.807, 2.05) is 13.8 Å². The minimum absolute atomic E-state index is 0.0399. The number of esters is 1. The Kier molecular flexibility index (Phi) is 5.63. The van der Waals surface area contributed by atoms with Crippen LogP contribution in [0.4, 0.5) is 5.00 Å². The highest BCUT2D eigenvalue weighted by Crippen LogP contribution is 2.33. The number of thiophene rings is 1. The Morgan fingerprint density at radius 1 is 1.32 bits per heavy atom. The molecule has 2 rings (SSSR count). The van der Waals surface area contributed by atoms with E-state index in [2.05, 4.69) is 26.3 Å². The van der Waals surface area contributed by atoms with E-state index in [9.17, 15) is 14.4 Å². The van der Waals surface area contributed by atoms with Crippen molar-refractivity contribution in [1.29, 1.82) is 0 Å². The summed E-state index contributed by atoms with van der Waals surface area (Å²) in [7, 11) is 1.22. The van der Waals surface area contributed by atoms with Crippen LogP contribution in [0.25, 0.3) is 0 Å². The number of halogens is 1. The van der Waals surface area contributed by atoms with Crippen LogP contribution >= 0.6 is 27.3 Å². The molecule has 3 N–H and O–H groups in total. The van der Waals surface area contributed by atoms with Gasteiger partial charge in [-0.2, -0.15) is 5.10 Å². The molecule has 25 heavy (non-hydrogen) atoms. The first-order valence-electron chi connectivity index (χ1n) is 7.18. The molecule has 2 amide bonds. The predicted octanol–water partition coefficient (Wildman–Crippen LogP) is 2.16. The van der Waals surface area contributed by atoms with Gasteiger partial charge in [0.15, 0.2) is 0 Å². The van der Waals surface area contributed by atoms with Gasteiger partial charge in [0.1, 0.15) is 11.5 Å². The van der Waals surface area contributed by atoms with Crippen molar-refractivity contribution in [2.75, 3.05) is 12.4 Å². The number of nitrogens with zero attached hydrogens (tertiary/aromatic N) is 2. The topological polar surface area (TPSA) is 116 Å². The van der Waals surface area contributed by atoms with Gasteiger partial charge in [-0.1, -0.05) is 0 Å². The Bertz CT molecular complexity index is 871. The van der Waals surface area contributed by atoms with Gasteiger partial charge in [0, 0.05) is 0 Å². The third-order valence-corrected chi connectivity index (χ3v) is 5.97. The number of rotatable bonds is 5. The van der Waals surface area contributed by atoms with E-state index in [-0.39, 0.29) is 27.9 Å². The number of ether oxygens (including phenoxy) is 1. The van der Waals surface area contributed by atoms with Gasteiger partial charge in [-0.3, -0.25) is 14.3 Å². The van der Waals surface area contributed by atoms with Crippen LogP contribution in [0, 0.1) is 20.8 Å². The third kappa shape index (κ3) is 3.74. The molecule has 0 aliphatic heterocycles. The van der Waals surface area contributed by atoms with Crippen LogP contribution in [0.2, 0.25) is 0 Å². The van der Waals surface area contributed by atoms with E-state index in [4.69, 9.17) is 10.5 Å². The van der Waals surface area contributed by atoms with E-state index in [0.717, 1.165) is 27.2 Å². The number of amides is 2. The van der Waals surface area contributed by atoms with Crippen molar-refractivity contribution in [3.05, 3.63) is 31.9 Å². The van der Waals surface area contributed by atoms with Gasteiger partial charge in [-0.05, 0) is 42.3 Å². The summed E-state index contributed by atoms with van der Waals surface area (Å²) in [6.45, 7) is 5.19. The molecule has 2 aromatic heterocycles. The second-order valence-electron chi connectivity index (χ2n) is 5.31. The number of aryl methyl sites for hydroxylation is 1. The zero-order valence-corrected chi connectivity index (χ0v) is 16.5. The van der Waals surface area contributed by atoms with Crippen LogP contribution in [0.3, 0.4) is 0 Å². The number of carbonyl (C=O) groups is 3. The highest BCUT2D eigenvalue weighted by molar-refractivity contribution is 9.10. The van der Waals surface area contributed by atoms with Crippen molar-refractivity contribution in [3.63, 3.8) is 0 Å². The first-order valence-corrected chi connectivity index (χ1v) is 8.79. The number of primary amides is 1. The summed E-state index contributed by atoms with van der Waals surface area (Å²) in [5.41, 5.74) is 7.40. The molecular weight excluding hydrogens is 412 g/mol. The zero-order valence-electron chi connectivity index (χ0n) is 14.1. The number of carbonyl (C=O) groups excluding carboxylic acids is 3. The highest BCUT2D eigenvalue weighted by atomic mass is 79.9. The fraction of sp³-hybridized carbons (Fsp3) is 0.333. The molecule has 0 saturated carbocycles. The van der Waals surface area contributed by atoms with Gasteiger partial charge in [0.2, 0.25) is 5.91 Å². The lowest BCUT2D eigenvalue weighted by atomic mass is 10.1. The molecule has 0 saturated heterocycles. The normalized spacial score (nSPS) is 10.6. The second kappa shape index (κ2) is 7.36. The van der Waals surface area contributed by atoms with Gasteiger partial charge in [0.05, 0.1) is 33.4 Å². The lowest BCUT2D eigenvalue weighted by Crippen LogP contribution is -2.21. The molecule has 0 aliphatic carbocycles. The largest absolute Gasteiger partial charge is 0.465 e. The summed E-state index contributed by atoms with van der Waals surface area (Å²) in [6, 6.07) is 0. The Hall–Kier alpha value is -2.20. The van der Waals surface area contributed by atoms with Crippen LogP contribution in [0.15, 0.2) is 4.47 Å². The minimum Gasteiger partial charge on any atom is -0.465 e. The molecule has 134 valence electrons. The summed E-state index contributed by atoms with van der Waals surface area (Å²) < 4.78 is 7.11. The van der Waals surface area contributed by atoms with Crippen molar-refractivity contribution in [2.24, 2.45) is 5.73 Å². The molecule has 0 atom stereocenters. The van der Waals surface area contributed by atoms with Crippen LogP contribution in [0.5, 0.6) is 0 Å². The molecule has 0 radical (unpaired) electrons. The summed E-state index contributed by atoms with van der Waals surface area (Å²) in [6.07, 6.45) is 0. The fourth-order valence-corrected chi connectivity index (χ4v) is 3.66. The Morgan fingerprint density at radius 3 is 2.44 bits per heavy atom. The van der Waals surface area contributed by atoms with Gasteiger partial charge in [-0.25, -0.2) is 4.79 Å². The number of anilines is 1. The first-order chi connectivity index (χ1) is 11.7. The van der Waals surface area contributed by atoms with Gasteiger partial charge in [0.25, 0.3) is 5.91 Å². The van der Waals surface area contributed by atoms with Crippen LogP contribution in [0.1, 0.15) is 37.0 Å². The number of nitrogens with two attached hydrogens (primary N) is 1. The van der Waals surface area contributed by atoms with E-state index in [0.29, 0.717) is 5.56 Å². The standard InChI is InChI=1S/C15H17BrN4O4S/c1-6-10(15(23)24-4)14(25-12(6)13(17)22)18-9(21)5-20-8(3)11(16)7(2)19-20/h5H2,1-4H3,(H2,17,22)(H,18,21). The van der Waals surface area contributed by atoms with E-state index in [1.165, 1.54) is 7.11 Å².